The smallest absolute Gasteiger partial charge is 0.349 e. The van der Waals surface area contributed by atoms with E-state index in [1.165, 1.54) is 6.42 Å². The quantitative estimate of drug-likeness (QED) is 0.858. The predicted molar refractivity (Wildman–Crippen MR) is 83.8 cm³/mol. The van der Waals surface area contributed by atoms with Gasteiger partial charge >= 0.3 is 5.97 Å². The second kappa shape index (κ2) is 7.27. The molecule has 0 aromatic carbocycles. The van der Waals surface area contributed by atoms with Gasteiger partial charge in [-0.2, -0.15) is 0 Å². The molecule has 21 heavy (non-hydrogen) atoms. The van der Waals surface area contributed by atoms with Crippen LogP contribution in [0.2, 0.25) is 4.34 Å². The monoisotopic (exact) mass is 329 g/mol. The Balaban J connectivity index is 1.86. The predicted octanol–water partition coefficient (Wildman–Crippen LogP) is 3.64. The van der Waals surface area contributed by atoms with E-state index in [-0.39, 0.29) is 11.9 Å². The van der Waals surface area contributed by atoms with Crippen LogP contribution in [0.1, 0.15) is 49.2 Å². The molecule has 3 atom stereocenters. The van der Waals surface area contributed by atoms with Gasteiger partial charge in [-0.05, 0) is 37.8 Å². The maximum absolute atomic E-state index is 12.1. The number of hydrogen-bond acceptors (Lipinski definition) is 4. The third-order valence-electron chi connectivity index (χ3n) is 3.87. The SMILES string of the molecule is C[C@H](OC(=O)c1ccc(Cl)s1)C(=O)N[C@@H]1CCCC[C@H]1C. The number of amides is 1. The van der Waals surface area contributed by atoms with Crippen LogP contribution in [-0.4, -0.2) is 24.0 Å². The van der Waals surface area contributed by atoms with Gasteiger partial charge in [0.25, 0.3) is 5.91 Å². The van der Waals surface area contributed by atoms with Gasteiger partial charge in [0.1, 0.15) is 4.88 Å². The zero-order chi connectivity index (χ0) is 15.4. The van der Waals surface area contributed by atoms with Crippen molar-refractivity contribution in [3.8, 4) is 0 Å². The summed E-state index contributed by atoms with van der Waals surface area (Å²) in [5, 5.41) is 2.99. The fraction of sp³-hybridized carbons (Fsp3) is 0.600. The first-order valence-corrected chi connectivity index (χ1v) is 8.43. The van der Waals surface area contributed by atoms with Crippen molar-refractivity contribution >= 4 is 34.8 Å². The Bertz CT molecular complexity index is 517. The lowest BCUT2D eigenvalue weighted by atomic mass is 9.86. The van der Waals surface area contributed by atoms with E-state index < -0.39 is 12.1 Å². The first kappa shape index (κ1) is 16.3. The minimum atomic E-state index is -0.799. The van der Waals surface area contributed by atoms with Gasteiger partial charge in [-0.3, -0.25) is 4.79 Å². The maximum Gasteiger partial charge on any atom is 0.349 e. The van der Waals surface area contributed by atoms with E-state index in [4.69, 9.17) is 16.3 Å². The van der Waals surface area contributed by atoms with Crippen LogP contribution in [0.3, 0.4) is 0 Å². The van der Waals surface area contributed by atoms with Gasteiger partial charge in [-0.1, -0.05) is 31.4 Å². The van der Waals surface area contributed by atoms with Crippen molar-refractivity contribution < 1.29 is 14.3 Å². The molecule has 1 fully saturated rings. The Morgan fingerprint density at radius 2 is 2.10 bits per heavy atom. The molecule has 0 radical (unpaired) electrons. The molecule has 1 amide bonds. The molecular formula is C15H20ClNO3S. The van der Waals surface area contributed by atoms with Crippen molar-refractivity contribution in [2.75, 3.05) is 0 Å². The second-order valence-electron chi connectivity index (χ2n) is 5.53. The van der Waals surface area contributed by atoms with Gasteiger partial charge < -0.3 is 10.1 Å². The Kier molecular flexibility index (Phi) is 5.65. The van der Waals surface area contributed by atoms with E-state index in [1.807, 2.05) is 0 Å². The molecule has 1 aromatic rings. The summed E-state index contributed by atoms with van der Waals surface area (Å²) in [6.07, 6.45) is 3.68. The van der Waals surface area contributed by atoms with Crippen molar-refractivity contribution in [2.45, 2.75) is 51.7 Å². The summed E-state index contributed by atoms with van der Waals surface area (Å²) in [5.74, 6) is -0.266. The molecule has 6 heteroatoms. The first-order chi connectivity index (χ1) is 9.97. The minimum Gasteiger partial charge on any atom is -0.448 e. The van der Waals surface area contributed by atoms with Crippen LogP contribution >= 0.6 is 22.9 Å². The Morgan fingerprint density at radius 3 is 2.71 bits per heavy atom. The number of carbonyl (C=O) groups is 2. The molecule has 4 nitrogen and oxygen atoms in total. The number of nitrogens with one attached hydrogen (secondary N) is 1. The molecule has 0 spiro atoms. The van der Waals surface area contributed by atoms with Gasteiger partial charge in [0.2, 0.25) is 0 Å². The van der Waals surface area contributed by atoms with Crippen LogP contribution in [0.25, 0.3) is 0 Å². The molecule has 0 saturated heterocycles. The van der Waals surface area contributed by atoms with Gasteiger partial charge in [-0.25, -0.2) is 4.79 Å². The van der Waals surface area contributed by atoms with E-state index in [0.29, 0.717) is 15.1 Å². The van der Waals surface area contributed by atoms with Gasteiger partial charge in [0.05, 0.1) is 4.34 Å². The van der Waals surface area contributed by atoms with Gasteiger partial charge in [-0.15, -0.1) is 11.3 Å². The molecule has 1 aliphatic carbocycles. The lowest BCUT2D eigenvalue weighted by Gasteiger charge is -2.30. The van der Waals surface area contributed by atoms with Gasteiger partial charge in [0.15, 0.2) is 6.10 Å². The van der Waals surface area contributed by atoms with E-state index in [0.717, 1.165) is 30.6 Å². The largest absolute Gasteiger partial charge is 0.448 e. The highest BCUT2D eigenvalue weighted by Crippen LogP contribution is 2.24. The van der Waals surface area contributed by atoms with Crippen LogP contribution in [0, 0.1) is 5.92 Å². The Hall–Kier alpha value is -1.07. The number of thiophene rings is 1. The summed E-state index contributed by atoms with van der Waals surface area (Å²) in [7, 11) is 0. The third-order valence-corrected chi connectivity index (χ3v) is 5.08. The molecule has 0 unspecified atom stereocenters. The fourth-order valence-electron chi connectivity index (χ4n) is 2.53. The summed E-state index contributed by atoms with van der Waals surface area (Å²) in [4.78, 5) is 24.4. The molecule has 0 aliphatic heterocycles. The average Bonchev–Trinajstić information content (AvgIpc) is 2.88. The van der Waals surface area contributed by atoms with Crippen molar-refractivity contribution in [3.63, 3.8) is 0 Å². The standard InChI is InChI=1S/C15H20ClNO3S/c1-9-5-3-4-6-11(9)17-14(18)10(2)20-15(19)12-7-8-13(16)21-12/h7-11H,3-6H2,1-2H3,(H,17,18)/t9-,10+,11-/m1/s1. The third kappa shape index (κ3) is 4.45. The lowest BCUT2D eigenvalue weighted by molar-refractivity contribution is -0.130. The summed E-state index contributed by atoms with van der Waals surface area (Å²) in [5.41, 5.74) is 0. The zero-order valence-electron chi connectivity index (χ0n) is 12.2. The van der Waals surface area contributed by atoms with Crippen LogP contribution in [0.15, 0.2) is 12.1 Å². The summed E-state index contributed by atoms with van der Waals surface area (Å²) in [6.45, 7) is 3.74. The maximum atomic E-state index is 12.1. The molecule has 116 valence electrons. The highest BCUT2D eigenvalue weighted by molar-refractivity contribution is 7.17. The fourth-order valence-corrected chi connectivity index (χ4v) is 3.45. The Morgan fingerprint density at radius 1 is 1.38 bits per heavy atom. The van der Waals surface area contributed by atoms with Crippen molar-refractivity contribution in [3.05, 3.63) is 21.3 Å². The van der Waals surface area contributed by atoms with Crippen molar-refractivity contribution in [1.82, 2.24) is 5.32 Å². The average molecular weight is 330 g/mol. The number of rotatable bonds is 4. The summed E-state index contributed by atoms with van der Waals surface area (Å²) in [6, 6.07) is 3.42. The van der Waals surface area contributed by atoms with E-state index in [2.05, 4.69) is 12.2 Å². The molecule has 1 saturated carbocycles. The number of halogens is 1. The minimum absolute atomic E-state index is 0.184. The highest BCUT2D eigenvalue weighted by atomic mass is 35.5. The number of ether oxygens (including phenoxy) is 1. The number of hydrogen-bond donors (Lipinski definition) is 1. The molecule has 1 heterocycles. The van der Waals surface area contributed by atoms with Crippen molar-refractivity contribution in [1.29, 1.82) is 0 Å². The van der Waals surface area contributed by atoms with Crippen LogP contribution in [0.4, 0.5) is 0 Å². The molecule has 0 bridgehead atoms. The molecule has 1 aromatic heterocycles. The molecule has 1 N–H and O–H groups in total. The number of carbonyl (C=O) groups excluding carboxylic acids is 2. The van der Waals surface area contributed by atoms with Crippen LogP contribution in [-0.2, 0) is 9.53 Å². The normalized spacial score (nSPS) is 23.4. The summed E-state index contributed by atoms with van der Waals surface area (Å²) >= 11 is 6.92. The molecule has 2 rings (SSSR count). The summed E-state index contributed by atoms with van der Waals surface area (Å²) < 4.78 is 5.71. The molecule has 1 aliphatic rings. The van der Waals surface area contributed by atoms with E-state index in [9.17, 15) is 9.59 Å². The lowest BCUT2D eigenvalue weighted by Crippen LogP contribution is -2.45. The number of esters is 1. The molecular weight excluding hydrogens is 310 g/mol. The van der Waals surface area contributed by atoms with Crippen molar-refractivity contribution in [2.24, 2.45) is 5.92 Å². The topological polar surface area (TPSA) is 55.4 Å². The van der Waals surface area contributed by atoms with Crippen LogP contribution in [0.5, 0.6) is 0 Å². The zero-order valence-corrected chi connectivity index (χ0v) is 13.8. The second-order valence-corrected chi connectivity index (χ2v) is 7.24. The van der Waals surface area contributed by atoms with E-state index >= 15 is 0 Å². The first-order valence-electron chi connectivity index (χ1n) is 7.24. The van der Waals surface area contributed by atoms with Crippen LogP contribution < -0.4 is 5.32 Å². The highest BCUT2D eigenvalue weighted by Gasteiger charge is 2.26. The Labute approximate surface area is 133 Å². The van der Waals surface area contributed by atoms with Gasteiger partial charge in [0, 0.05) is 6.04 Å². The van der Waals surface area contributed by atoms with E-state index in [1.54, 1.807) is 19.1 Å².